The minimum atomic E-state index is -1.57. The van der Waals surface area contributed by atoms with Crippen LogP contribution in [0.2, 0.25) is 0 Å². The van der Waals surface area contributed by atoms with Crippen LogP contribution < -0.4 is 10.3 Å². The Balaban J connectivity index is 2.00. The molecule has 2 aliphatic rings. The maximum atomic E-state index is 13.2. The van der Waals surface area contributed by atoms with Crippen molar-refractivity contribution in [2.24, 2.45) is 0 Å². The van der Waals surface area contributed by atoms with Crippen LogP contribution in [0.5, 0.6) is 0 Å². The molecule has 1 fully saturated rings. The smallest absolute Gasteiger partial charge is 0.355 e. The molecule has 8 nitrogen and oxygen atoms in total. The van der Waals surface area contributed by atoms with Gasteiger partial charge in [-0.2, -0.15) is 0 Å². The normalized spacial score (nSPS) is 21.5. The van der Waals surface area contributed by atoms with E-state index in [1.54, 1.807) is 19.1 Å². The van der Waals surface area contributed by atoms with Crippen LogP contribution in [-0.4, -0.2) is 40.8 Å². The molecule has 1 N–H and O–H groups in total. The summed E-state index contributed by atoms with van der Waals surface area (Å²) in [5.41, 5.74) is 2.52. The van der Waals surface area contributed by atoms with Crippen LogP contribution >= 0.6 is 0 Å². The zero-order valence-electron chi connectivity index (χ0n) is 15.4. The summed E-state index contributed by atoms with van der Waals surface area (Å²) in [7, 11) is 0. The lowest BCUT2D eigenvalue weighted by Crippen LogP contribution is -2.56. The number of carbonyl (C=O) groups excluding carboxylic acids is 4. The van der Waals surface area contributed by atoms with Crippen molar-refractivity contribution in [3.8, 4) is 0 Å². The largest absolute Gasteiger partial charge is 0.461 e. The average Bonchev–Trinajstić information content (AvgIpc) is 3.14. The topological polar surface area (TPSA) is 96.0 Å². The molecule has 1 aromatic rings. The van der Waals surface area contributed by atoms with Crippen molar-refractivity contribution < 1.29 is 23.9 Å². The first-order chi connectivity index (χ1) is 12.8. The highest BCUT2D eigenvalue weighted by Gasteiger charge is 2.59. The summed E-state index contributed by atoms with van der Waals surface area (Å²) in [4.78, 5) is 51.1. The Labute approximate surface area is 156 Å². The molecule has 142 valence electrons. The summed E-state index contributed by atoms with van der Waals surface area (Å²) in [6.45, 7) is 5.06. The number of benzene rings is 1. The first-order valence-electron chi connectivity index (χ1n) is 8.77. The van der Waals surface area contributed by atoms with E-state index in [9.17, 15) is 19.2 Å². The molecular formula is C19H21N3O5. The van der Waals surface area contributed by atoms with Gasteiger partial charge in [-0.05, 0) is 37.1 Å². The number of anilines is 1. The van der Waals surface area contributed by atoms with Gasteiger partial charge in [-0.3, -0.25) is 19.8 Å². The highest BCUT2D eigenvalue weighted by atomic mass is 16.5. The van der Waals surface area contributed by atoms with Gasteiger partial charge in [-0.25, -0.2) is 14.7 Å². The number of carbonyl (C=O) groups is 4. The fraction of sp³-hybridized carbons (Fsp3) is 0.368. The van der Waals surface area contributed by atoms with Gasteiger partial charge in [-0.1, -0.05) is 19.1 Å². The molecule has 3 amide bonds. The number of hydrogen-bond acceptors (Lipinski definition) is 6. The number of hydrogen-bond donors (Lipinski definition) is 1. The van der Waals surface area contributed by atoms with Crippen molar-refractivity contribution in [1.82, 2.24) is 10.4 Å². The Morgan fingerprint density at radius 2 is 1.85 bits per heavy atom. The minimum absolute atomic E-state index is 0.0311. The predicted octanol–water partition coefficient (Wildman–Crippen LogP) is 1.06. The number of amides is 3. The average molecular weight is 371 g/mol. The van der Waals surface area contributed by atoms with Crippen molar-refractivity contribution in [2.75, 3.05) is 11.5 Å². The highest BCUT2D eigenvalue weighted by molar-refractivity contribution is 6.26. The van der Waals surface area contributed by atoms with Gasteiger partial charge in [0.2, 0.25) is 11.8 Å². The standard InChI is InChI=1S/C19H21N3O5/c1-4-13-6-8-14(9-7-13)21-16(24)11-19(18(21)26)10-15(17(25)27-5-2)20-22(19)12(3)23/h6-10,20H,4-5,11H2,1-3H3/t19-/m1/s1. The summed E-state index contributed by atoms with van der Waals surface area (Å²) in [6, 6.07) is 7.08. The summed E-state index contributed by atoms with van der Waals surface area (Å²) < 4.78 is 4.94. The molecule has 0 bridgehead atoms. The molecule has 8 heteroatoms. The van der Waals surface area contributed by atoms with E-state index in [1.807, 2.05) is 19.1 Å². The number of imide groups is 1. The van der Waals surface area contributed by atoms with Gasteiger partial charge in [0.15, 0.2) is 5.54 Å². The van der Waals surface area contributed by atoms with Crippen molar-refractivity contribution in [1.29, 1.82) is 0 Å². The monoisotopic (exact) mass is 371 g/mol. The summed E-state index contributed by atoms with van der Waals surface area (Å²) in [5, 5.41) is 1.03. The molecule has 0 aromatic heterocycles. The number of hydrazine groups is 1. The number of aryl methyl sites for hydroxylation is 1. The van der Waals surface area contributed by atoms with Crippen LogP contribution in [0.15, 0.2) is 36.0 Å². The van der Waals surface area contributed by atoms with E-state index < -0.39 is 29.2 Å². The fourth-order valence-corrected chi connectivity index (χ4v) is 3.35. The van der Waals surface area contributed by atoms with E-state index in [-0.39, 0.29) is 18.7 Å². The second-order valence-corrected chi connectivity index (χ2v) is 6.40. The molecule has 0 radical (unpaired) electrons. The molecule has 1 saturated heterocycles. The van der Waals surface area contributed by atoms with E-state index in [2.05, 4.69) is 5.43 Å². The van der Waals surface area contributed by atoms with Gasteiger partial charge in [-0.15, -0.1) is 0 Å². The Hall–Kier alpha value is -3.16. The second kappa shape index (κ2) is 6.86. The Bertz CT molecular complexity index is 845. The Morgan fingerprint density at radius 1 is 1.19 bits per heavy atom. The first kappa shape index (κ1) is 18.6. The van der Waals surface area contributed by atoms with Crippen molar-refractivity contribution in [3.63, 3.8) is 0 Å². The quantitative estimate of drug-likeness (QED) is 0.628. The van der Waals surface area contributed by atoms with E-state index in [4.69, 9.17) is 4.74 Å². The van der Waals surface area contributed by atoms with Crippen molar-refractivity contribution in [3.05, 3.63) is 41.6 Å². The third kappa shape index (κ3) is 2.97. The van der Waals surface area contributed by atoms with Crippen LogP contribution in [0.4, 0.5) is 5.69 Å². The van der Waals surface area contributed by atoms with Gasteiger partial charge in [0.05, 0.1) is 18.7 Å². The zero-order chi connectivity index (χ0) is 19.8. The zero-order valence-corrected chi connectivity index (χ0v) is 15.4. The number of rotatable bonds is 4. The molecule has 0 saturated carbocycles. The number of ether oxygens (including phenoxy) is 1. The third-order valence-corrected chi connectivity index (χ3v) is 4.67. The molecule has 1 atom stereocenters. The number of nitrogens with one attached hydrogen (secondary N) is 1. The molecule has 0 unspecified atom stereocenters. The Kier molecular flexibility index (Phi) is 4.73. The molecule has 2 aliphatic heterocycles. The summed E-state index contributed by atoms with van der Waals surface area (Å²) in [5.74, 6) is -2.21. The highest BCUT2D eigenvalue weighted by Crippen LogP contribution is 2.38. The van der Waals surface area contributed by atoms with E-state index in [0.29, 0.717) is 5.69 Å². The third-order valence-electron chi connectivity index (χ3n) is 4.67. The number of nitrogens with zero attached hydrogens (tertiary/aromatic N) is 2. The van der Waals surface area contributed by atoms with Gasteiger partial charge in [0, 0.05) is 6.92 Å². The van der Waals surface area contributed by atoms with Gasteiger partial charge in [0.1, 0.15) is 5.70 Å². The van der Waals surface area contributed by atoms with Gasteiger partial charge in [0.25, 0.3) is 5.91 Å². The molecule has 1 spiro atoms. The lowest BCUT2D eigenvalue weighted by Gasteiger charge is -2.30. The molecule has 1 aromatic carbocycles. The van der Waals surface area contributed by atoms with E-state index >= 15 is 0 Å². The minimum Gasteiger partial charge on any atom is -0.461 e. The summed E-state index contributed by atoms with van der Waals surface area (Å²) >= 11 is 0. The van der Waals surface area contributed by atoms with Gasteiger partial charge >= 0.3 is 5.97 Å². The SMILES string of the molecule is CCOC(=O)C1=C[C@]2(CC(=O)N(c3ccc(CC)cc3)C2=O)N(C(C)=O)N1. The number of esters is 1. The van der Waals surface area contributed by atoms with Gasteiger partial charge < -0.3 is 4.74 Å². The first-order valence-corrected chi connectivity index (χ1v) is 8.77. The molecule has 0 aliphatic carbocycles. The lowest BCUT2D eigenvalue weighted by molar-refractivity contribution is -0.144. The van der Waals surface area contributed by atoms with E-state index in [0.717, 1.165) is 21.9 Å². The predicted molar refractivity (Wildman–Crippen MR) is 96.0 cm³/mol. The maximum absolute atomic E-state index is 13.2. The maximum Gasteiger partial charge on any atom is 0.355 e. The van der Waals surface area contributed by atoms with Crippen LogP contribution in [-0.2, 0) is 30.3 Å². The van der Waals surface area contributed by atoms with Crippen molar-refractivity contribution in [2.45, 2.75) is 39.2 Å². The molecular weight excluding hydrogens is 350 g/mol. The van der Waals surface area contributed by atoms with Crippen LogP contribution in [0.25, 0.3) is 0 Å². The van der Waals surface area contributed by atoms with E-state index in [1.165, 1.54) is 13.0 Å². The lowest BCUT2D eigenvalue weighted by atomic mass is 9.96. The molecule has 27 heavy (non-hydrogen) atoms. The van der Waals surface area contributed by atoms with Crippen LogP contribution in [0, 0.1) is 0 Å². The van der Waals surface area contributed by atoms with Crippen molar-refractivity contribution >= 4 is 29.4 Å². The molecule has 3 rings (SSSR count). The summed E-state index contributed by atoms with van der Waals surface area (Å²) in [6.07, 6.45) is 1.89. The second-order valence-electron chi connectivity index (χ2n) is 6.40. The fourth-order valence-electron chi connectivity index (χ4n) is 3.35. The molecule has 2 heterocycles. The van der Waals surface area contributed by atoms with Crippen LogP contribution in [0.1, 0.15) is 32.8 Å². The van der Waals surface area contributed by atoms with Crippen LogP contribution in [0.3, 0.4) is 0 Å². The Morgan fingerprint density at radius 3 is 2.41 bits per heavy atom.